The van der Waals surface area contributed by atoms with Crippen molar-refractivity contribution in [1.82, 2.24) is 10.2 Å². The summed E-state index contributed by atoms with van der Waals surface area (Å²) in [7, 11) is 4.41. The second-order valence-corrected chi connectivity index (χ2v) is 6.24. The molecular weight excluding hydrogens is 208 g/mol. The lowest BCUT2D eigenvalue weighted by Crippen LogP contribution is -2.44. The molecule has 2 nitrogen and oxygen atoms in total. The summed E-state index contributed by atoms with van der Waals surface area (Å²) >= 11 is 0. The Hall–Kier alpha value is -0.0800. The van der Waals surface area contributed by atoms with Gasteiger partial charge in [0.1, 0.15) is 0 Å². The van der Waals surface area contributed by atoms with Crippen molar-refractivity contribution < 1.29 is 0 Å². The molecule has 0 heterocycles. The molecule has 0 radical (unpaired) electrons. The monoisotopic (exact) mass is 240 g/mol. The van der Waals surface area contributed by atoms with Gasteiger partial charge in [0.25, 0.3) is 0 Å². The van der Waals surface area contributed by atoms with Crippen LogP contribution in [0.3, 0.4) is 0 Å². The van der Waals surface area contributed by atoms with Gasteiger partial charge in [0.05, 0.1) is 0 Å². The number of rotatable bonds is 7. The fourth-order valence-electron chi connectivity index (χ4n) is 2.92. The number of hydrogen-bond donors (Lipinski definition) is 1. The van der Waals surface area contributed by atoms with Crippen LogP contribution in [-0.4, -0.2) is 38.1 Å². The highest BCUT2D eigenvalue weighted by Crippen LogP contribution is 2.26. The van der Waals surface area contributed by atoms with E-state index in [0.717, 1.165) is 11.8 Å². The van der Waals surface area contributed by atoms with E-state index in [1.165, 1.54) is 51.6 Å². The standard InChI is InChI=1S/C15H32N2/c1-13(2)10-11-17(4)12-15(16-3)14-8-6-5-7-9-14/h13-16H,5-12H2,1-4H3. The minimum Gasteiger partial charge on any atom is -0.315 e. The molecule has 1 N–H and O–H groups in total. The molecule has 1 aliphatic rings. The fraction of sp³-hybridized carbons (Fsp3) is 1.00. The van der Waals surface area contributed by atoms with Crippen molar-refractivity contribution in [3.8, 4) is 0 Å². The maximum absolute atomic E-state index is 3.55. The summed E-state index contributed by atoms with van der Waals surface area (Å²) in [6.07, 6.45) is 8.53. The van der Waals surface area contributed by atoms with Crippen molar-refractivity contribution in [3.63, 3.8) is 0 Å². The Morgan fingerprint density at radius 2 is 1.82 bits per heavy atom. The molecule has 102 valence electrons. The second kappa shape index (κ2) is 8.10. The van der Waals surface area contributed by atoms with Crippen LogP contribution in [0.1, 0.15) is 52.4 Å². The van der Waals surface area contributed by atoms with Crippen LogP contribution in [0.15, 0.2) is 0 Å². The fourth-order valence-corrected chi connectivity index (χ4v) is 2.92. The zero-order valence-electron chi connectivity index (χ0n) is 12.3. The highest BCUT2D eigenvalue weighted by molar-refractivity contribution is 4.80. The van der Waals surface area contributed by atoms with Gasteiger partial charge in [-0.05, 0) is 51.7 Å². The van der Waals surface area contributed by atoms with Gasteiger partial charge < -0.3 is 10.2 Å². The average Bonchev–Trinajstić information content (AvgIpc) is 2.34. The van der Waals surface area contributed by atoms with Crippen LogP contribution in [-0.2, 0) is 0 Å². The molecule has 0 amide bonds. The SMILES string of the molecule is CNC(CN(C)CCC(C)C)C1CCCCC1. The third-order valence-electron chi connectivity index (χ3n) is 4.19. The topological polar surface area (TPSA) is 15.3 Å². The van der Waals surface area contributed by atoms with Gasteiger partial charge in [0.2, 0.25) is 0 Å². The summed E-state index contributed by atoms with van der Waals surface area (Å²) in [6.45, 7) is 7.07. The lowest BCUT2D eigenvalue weighted by molar-refractivity contribution is 0.206. The van der Waals surface area contributed by atoms with Gasteiger partial charge in [0.15, 0.2) is 0 Å². The minimum absolute atomic E-state index is 0.701. The molecule has 1 rings (SSSR count). The highest BCUT2D eigenvalue weighted by atomic mass is 15.1. The molecule has 1 saturated carbocycles. The Kier molecular flexibility index (Phi) is 7.14. The van der Waals surface area contributed by atoms with E-state index in [1.807, 2.05) is 0 Å². The summed E-state index contributed by atoms with van der Waals surface area (Å²) in [6, 6.07) is 0.701. The van der Waals surface area contributed by atoms with E-state index in [1.54, 1.807) is 0 Å². The normalized spacial score (nSPS) is 20.1. The number of nitrogens with one attached hydrogen (secondary N) is 1. The molecule has 0 spiro atoms. The third kappa shape index (κ3) is 5.87. The Balaban J connectivity index is 2.29. The summed E-state index contributed by atoms with van der Waals surface area (Å²) in [5.41, 5.74) is 0. The van der Waals surface area contributed by atoms with E-state index < -0.39 is 0 Å². The van der Waals surface area contributed by atoms with Gasteiger partial charge in [-0.2, -0.15) is 0 Å². The molecule has 2 heteroatoms. The van der Waals surface area contributed by atoms with E-state index in [9.17, 15) is 0 Å². The Bertz CT molecular complexity index is 185. The minimum atomic E-state index is 0.701. The van der Waals surface area contributed by atoms with E-state index in [2.05, 4.69) is 38.2 Å². The molecule has 1 atom stereocenters. The second-order valence-electron chi connectivity index (χ2n) is 6.24. The molecule has 0 aromatic carbocycles. The first kappa shape index (κ1) is 15.0. The van der Waals surface area contributed by atoms with E-state index in [-0.39, 0.29) is 0 Å². The zero-order valence-corrected chi connectivity index (χ0v) is 12.3. The number of nitrogens with zero attached hydrogens (tertiary/aromatic N) is 1. The van der Waals surface area contributed by atoms with Gasteiger partial charge in [-0.1, -0.05) is 33.1 Å². The van der Waals surface area contributed by atoms with Crippen LogP contribution in [0.5, 0.6) is 0 Å². The van der Waals surface area contributed by atoms with Gasteiger partial charge in [-0.25, -0.2) is 0 Å². The first-order chi connectivity index (χ1) is 8.13. The van der Waals surface area contributed by atoms with Crippen molar-refractivity contribution >= 4 is 0 Å². The van der Waals surface area contributed by atoms with Crippen LogP contribution in [0.4, 0.5) is 0 Å². The summed E-state index contributed by atoms with van der Waals surface area (Å²) in [5, 5.41) is 3.55. The smallest absolute Gasteiger partial charge is 0.0220 e. The molecule has 0 aromatic heterocycles. The van der Waals surface area contributed by atoms with Crippen molar-refractivity contribution in [1.29, 1.82) is 0 Å². The van der Waals surface area contributed by atoms with Crippen molar-refractivity contribution in [2.45, 2.75) is 58.4 Å². The van der Waals surface area contributed by atoms with Gasteiger partial charge in [0, 0.05) is 12.6 Å². The zero-order chi connectivity index (χ0) is 12.7. The molecule has 1 fully saturated rings. The van der Waals surface area contributed by atoms with Crippen molar-refractivity contribution in [2.24, 2.45) is 11.8 Å². The quantitative estimate of drug-likeness (QED) is 0.735. The number of likely N-dealkylation sites (N-methyl/N-ethyl adjacent to an activating group) is 2. The van der Waals surface area contributed by atoms with E-state index >= 15 is 0 Å². The summed E-state index contributed by atoms with van der Waals surface area (Å²) < 4.78 is 0. The maximum atomic E-state index is 3.55. The Morgan fingerprint density at radius 3 is 2.35 bits per heavy atom. The molecule has 0 bridgehead atoms. The molecule has 1 unspecified atom stereocenters. The molecule has 0 aromatic rings. The Morgan fingerprint density at radius 1 is 1.18 bits per heavy atom. The predicted molar refractivity (Wildman–Crippen MR) is 76.4 cm³/mol. The van der Waals surface area contributed by atoms with Crippen molar-refractivity contribution in [3.05, 3.63) is 0 Å². The average molecular weight is 240 g/mol. The lowest BCUT2D eigenvalue weighted by Gasteiger charge is -2.33. The largest absolute Gasteiger partial charge is 0.315 e. The molecule has 0 aliphatic heterocycles. The highest BCUT2D eigenvalue weighted by Gasteiger charge is 2.23. The molecule has 0 saturated heterocycles. The first-order valence-electron chi connectivity index (χ1n) is 7.49. The maximum Gasteiger partial charge on any atom is 0.0220 e. The third-order valence-corrected chi connectivity index (χ3v) is 4.19. The van der Waals surface area contributed by atoms with Crippen LogP contribution in [0.25, 0.3) is 0 Å². The van der Waals surface area contributed by atoms with Gasteiger partial charge in [-0.3, -0.25) is 0 Å². The Labute approximate surface area is 108 Å². The summed E-state index contributed by atoms with van der Waals surface area (Å²) in [4.78, 5) is 2.51. The predicted octanol–water partition coefficient (Wildman–Crippen LogP) is 3.13. The van der Waals surface area contributed by atoms with Gasteiger partial charge >= 0.3 is 0 Å². The van der Waals surface area contributed by atoms with E-state index in [0.29, 0.717) is 6.04 Å². The lowest BCUT2D eigenvalue weighted by atomic mass is 9.83. The van der Waals surface area contributed by atoms with Crippen LogP contribution < -0.4 is 5.32 Å². The van der Waals surface area contributed by atoms with Crippen LogP contribution in [0, 0.1) is 11.8 Å². The molecule has 17 heavy (non-hydrogen) atoms. The van der Waals surface area contributed by atoms with Crippen LogP contribution >= 0.6 is 0 Å². The molecule has 1 aliphatic carbocycles. The summed E-state index contributed by atoms with van der Waals surface area (Å²) in [5.74, 6) is 1.73. The van der Waals surface area contributed by atoms with E-state index in [4.69, 9.17) is 0 Å². The van der Waals surface area contributed by atoms with Gasteiger partial charge in [-0.15, -0.1) is 0 Å². The number of hydrogen-bond acceptors (Lipinski definition) is 2. The first-order valence-corrected chi connectivity index (χ1v) is 7.49. The van der Waals surface area contributed by atoms with Crippen LogP contribution in [0.2, 0.25) is 0 Å². The van der Waals surface area contributed by atoms with Crippen molar-refractivity contribution in [2.75, 3.05) is 27.2 Å². The molecular formula is C15H32N2.